The van der Waals surface area contributed by atoms with Gasteiger partial charge in [0.2, 0.25) is 6.43 Å². The summed E-state index contributed by atoms with van der Waals surface area (Å²) in [6.45, 7) is 5.25. The minimum Gasteiger partial charge on any atom is -0.210 e. The highest BCUT2D eigenvalue weighted by Gasteiger charge is 2.28. The lowest BCUT2D eigenvalue weighted by Gasteiger charge is -2.22. The first-order valence-electron chi connectivity index (χ1n) is 3.79. The van der Waals surface area contributed by atoms with Gasteiger partial charge in [0, 0.05) is 5.41 Å². The van der Waals surface area contributed by atoms with Crippen molar-refractivity contribution in [2.75, 3.05) is 0 Å². The Balaban J connectivity index is 3.63. The normalized spacial score (nSPS) is 12.6. The van der Waals surface area contributed by atoms with E-state index in [1.54, 1.807) is 13.8 Å². The van der Waals surface area contributed by atoms with E-state index in [1.807, 2.05) is 6.92 Å². The molecule has 0 bridgehead atoms. The molecule has 0 aliphatic rings. The van der Waals surface area contributed by atoms with E-state index in [-0.39, 0.29) is 0 Å². The van der Waals surface area contributed by atoms with Gasteiger partial charge in [0.05, 0.1) is 0 Å². The van der Waals surface area contributed by atoms with Crippen LogP contribution in [0, 0.1) is 5.41 Å². The first-order valence-corrected chi connectivity index (χ1v) is 3.79. The van der Waals surface area contributed by atoms with Crippen LogP contribution < -0.4 is 0 Å². The molecule has 0 saturated heterocycles. The molecule has 0 saturated carbocycles. The largest absolute Gasteiger partial charge is 0.243 e. The molecule has 2 heteroatoms. The van der Waals surface area contributed by atoms with Crippen molar-refractivity contribution in [2.24, 2.45) is 5.41 Å². The van der Waals surface area contributed by atoms with Gasteiger partial charge in [-0.1, -0.05) is 33.6 Å². The molecule has 0 aromatic carbocycles. The number of alkyl halides is 2. The van der Waals surface area contributed by atoms with Crippen LogP contribution in [0.15, 0.2) is 0 Å². The lowest BCUT2D eigenvalue weighted by molar-refractivity contribution is 0.0127. The summed E-state index contributed by atoms with van der Waals surface area (Å²) < 4.78 is 24.3. The molecular weight excluding hydrogens is 134 g/mol. The Kier molecular flexibility index (Phi) is 3.84. The average molecular weight is 150 g/mol. The lowest BCUT2D eigenvalue weighted by atomic mass is 9.88. The molecule has 0 nitrogen and oxygen atoms in total. The van der Waals surface area contributed by atoms with Crippen molar-refractivity contribution in [3.8, 4) is 0 Å². The highest BCUT2D eigenvalue weighted by atomic mass is 19.3. The predicted octanol–water partition coefficient (Wildman–Crippen LogP) is 3.47. The van der Waals surface area contributed by atoms with Crippen molar-refractivity contribution in [3.63, 3.8) is 0 Å². The van der Waals surface area contributed by atoms with E-state index in [0.29, 0.717) is 6.42 Å². The van der Waals surface area contributed by atoms with Crippen LogP contribution in [0.2, 0.25) is 0 Å². The second-order valence-corrected chi connectivity index (χ2v) is 3.39. The van der Waals surface area contributed by atoms with Gasteiger partial charge in [0.1, 0.15) is 0 Å². The zero-order valence-corrected chi connectivity index (χ0v) is 6.95. The average Bonchev–Trinajstić information content (AvgIpc) is 1.84. The van der Waals surface area contributed by atoms with Gasteiger partial charge in [-0.05, 0) is 6.42 Å². The Morgan fingerprint density at radius 2 is 1.80 bits per heavy atom. The molecule has 0 aromatic heterocycles. The van der Waals surface area contributed by atoms with Gasteiger partial charge in [0.25, 0.3) is 0 Å². The van der Waals surface area contributed by atoms with E-state index in [1.165, 1.54) is 0 Å². The summed E-state index contributed by atoms with van der Waals surface area (Å²) in [5.74, 6) is 0. The van der Waals surface area contributed by atoms with Crippen LogP contribution in [-0.4, -0.2) is 6.43 Å². The summed E-state index contributed by atoms with van der Waals surface area (Å²) in [4.78, 5) is 0. The monoisotopic (exact) mass is 150 g/mol. The third-order valence-corrected chi connectivity index (χ3v) is 1.77. The van der Waals surface area contributed by atoms with Gasteiger partial charge in [-0.25, -0.2) is 8.78 Å². The van der Waals surface area contributed by atoms with Crippen molar-refractivity contribution in [2.45, 2.75) is 46.5 Å². The highest BCUT2D eigenvalue weighted by Crippen LogP contribution is 2.30. The summed E-state index contributed by atoms with van der Waals surface area (Å²) in [5.41, 5.74) is -0.782. The minimum atomic E-state index is -2.18. The topological polar surface area (TPSA) is 0 Å². The molecule has 0 heterocycles. The molecule has 0 N–H and O–H groups in total. The maximum Gasteiger partial charge on any atom is 0.243 e. The van der Waals surface area contributed by atoms with Crippen LogP contribution in [-0.2, 0) is 0 Å². The van der Waals surface area contributed by atoms with Gasteiger partial charge >= 0.3 is 0 Å². The fourth-order valence-electron chi connectivity index (χ4n) is 0.742. The third-order valence-electron chi connectivity index (χ3n) is 1.77. The van der Waals surface area contributed by atoms with Crippen LogP contribution in [0.3, 0.4) is 0 Å². The van der Waals surface area contributed by atoms with Crippen molar-refractivity contribution >= 4 is 0 Å². The zero-order chi connectivity index (χ0) is 8.20. The van der Waals surface area contributed by atoms with Gasteiger partial charge in [-0.2, -0.15) is 0 Å². The van der Waals surface area contributed by atoms with Crippen LogP contribution in [0.4, 0.5) is 8.78 Å². The molecule has 0 rings (SSSR count). The van der Waals surface area contributed by atoms with Crippen molar-refractivity contribution in [1.82, 2.24) is 0 Å². The molecule has 10 heavy (non-hydrogen) atoms. The number of halogens is 2. The molecule has 0 radical (unpaired) electrons. The molecule has 0 amide bonds. The molecular formula is C8H16F2. The summed E-state index contributed by atoms with van der Waals surface area (Å²) in [6, 6.07) is 0. The van der Waals surface area contributed by atoms with E-state index >= 15 is 0 Å². The Morgan fingerprint density at radius 1 is 1.30 bits per heavy atom. The summed E-state index contributed by atoms with van der Waals surface area (Å²) in [7, 11) is 0. The molecule has 0 aliphatic carbocycles. The minimum absolute atomic E-state index is 0.626. The molecule has 0 fully saturated rings. The maximum atomic E-state index is 12.1. The molecule has 62 valence electrons. The SMILES string of the molecule is CCCCC(C)(C)C(F)F. The van der Waals surface area contributed by atoms with Crippen molar-refractivity contribution in [3.05, 3.63) is 0 Å². The second-order valence-electron chi connectivity index (χ2n) is 3.39. The van der Waals surface area contributed by atoms with Crippen LogP contribution >= 0.6 is 0 Å². The van der Waals surface area contributed by atoms with E-state index in [4.69, 9.17) is 0 Å². The molecule has 0 unspecified atom stereocenters. The van der Waals surface area contributed by atoms with Gasteiger partial charge < -0.3 is 0 Å². The molecule has 0 aliphatic heterocycles. The first-order chi connectivity index (χ1) is 4.50. The summed E-state index contributed by atoms with van der Waals surface area (Å²) >= 11 is 0. The summed E-state index contributed by atoms with van der Waals surface area (Å²) in [5, 5.41) is 0. The fourth-order valence-corrected chi connectivity index (χ4v) is 0.742. The highest BCUT2D eigenvalue weighted by molar-refractivity contribution is 4.70. The van der Waals surface area contributed by atoms with Crippen LogP contribution in [0.25, 0.3) is 0 Å². The third kappa shape index (κ3) is 3.14. The zero-order valence-electron chi connectivity index (χ0n) is 6.95. The van der Waals surface area contributed by atoms with Gasteiger partial charge in [-0.15, -0.1) is 0 Å². The Morgan fingerprint density at radius 3 is 2.10 bits per heavy atom. The maximum absolute atomic E-state index is 12.1. The van der Waals surface area contributed by atoms with Gasteiger partial charge in [0.15, 0.2) is 0 Å². The first kappa shape index (κ1) is 9.86. The Bertz CT molecular complexity index is 87.3. The van der Waals surface area contributed by atoms with E-state index in [0.717, 1.165) is 12.8 Å². The van der Waals surface area contributed by atoms with E-state index in [9.17, 15) is 8.78 Å². The number of hydrogen-bond acceptors (Lipinski definition) is 0. The fraction of sp³-hybridized carbons (Fsp3) is 1.00. The smallest absolute Gasteiger partial charge is 0.210 e. The van der Waals surface area contributed by atoms with Gasteiger partial charge in [-0.3, -0.25) is 0 Å². The molecule has 0 spiro atoms. The number of unbranched alkanes of at least 4 members (excludes halogenated alkanes) is 1. The Labute approximate surface area is 61.6 Å². The van der Waals surface area contributed by atoms with Crippen molar-refractivity contribution in [1.29, 1.82) is 0 Å². The quantitative estimate of drug-likeness (QED) is 0.575. The molecule has 0 aromatic rings. The summed E-state index contributed by atoms with van der Waals surface area (Å²) in [6.07, 6.45) is 0.341. The number of rotatable bonds is 4. The van der Waals surface area contributed by atoms with Crippen LogP contribution in [0.5, 0.6) is 0 Å². The van der Waals surface area contributed by atoms with E-state index < -0.39 is 11.8 Å². The lowest BCUT2D eigenvalue weighted by Crippen LogP contribution is -2.21. The second kappa shape index (κ2) is 3.89. The number of hydrogen-bond donors (Lipinski definition) is 0. The van der Waals surface area contributed by atoms with Crippen molar-refractivity contribution < 1.29 is 8.78 Å². The van der Waals surface area contributed by atoms with Crippen LogP contribution in [0.1, 0.15) is 40.0 Å². The Hall–Kier alpha value is -0.140. The van der Waals surface area contributed by atoms with E-state index in [2.05, 4.69) is 0 Å². The standard InChI is InChI=1S/C8H16F2/c1-4-5-6-8(2,3)7(9)10/h7H,4-6H2,1-3H3. The predicted molar refractivity (Wildman–Crippen MR) is 39.3 cm³/mol. The molecule has 0 atom stereocenters.